The van der Waals surface area contributed by atoms with E-state index in [1.165, 1.54) is 19.3 Å². The molecule has 1 aromatic carbocycles. The third kappa shape index (κ3) is 2.75. The quantitative estimate of drug-likeness (QED) is 0.827. The number of nitrogens with zero attached hydrogens (tertiary/aromatic N) is 1. The molecule has 2 N–H and O–H groups in total. The van der Waals surface area contributed by atoms with E-state index in [-0.39, 0.29) is 5.97 Å². The number of hydrogen-bond acceptors (Lipinski definition) is 5. The molecule has 0 amide bonds. The zero-order valence-corrected chi connectivity index (χ0v) is 14.3. The molecule has 0 saturated carbocycles. The van der Waals surface area contributed by atoms with Gasteiger partial charge >= 0.3 is 5.97 Å². The number of rotatable bonds is 3. The number of carbonyl (C=O) groups excluding carboxylic acids is 1. The number of cyclic esters (lactones) is 1. The Labute approximate surface area is 143 Å². The molecule has 3 heterocycles. The molecule has 1 unspecified atom stereocenters. The van der Waals surface area contributed by atoms with Gasteiger partial charge < -0.3 is 15.2 Å². The van der Waals surface area contributed by atoms with Crippen LogP contribution in [0, 0.1) is 12.3 Å². The third-order valence-corrected chi connectivity index (χ3v) is 6.08. The van der Waals surface area contributed by atoms with Crippen molar-refractivity contribution in [2.45, 2.75) is 38.9 Å². The molecule has 24 heavy (non-hydrogen) atoms. The van der Waals surface area contributed by atoms with Crippen molar-refractivity contribution < 1.29 is 14.6 Å². The van der Waals surface area contributed by atoms with E-state index in [9.17, 15) is 9.90 Å². The van der Waals surface area contributed by atoms with Gasteiger partial charge in [0, 0.05) is 25.2 Å². The van der Waals surface area contributed by atoms with Gasteiger partial charge in [0.15, 0.2) is 0 Å². The van der Waals surface area contributed by atoms with Crippen molar-refractivity contribution in [1.29, 1.82) is 0 Å². The van der Waals surface area contributed by atoms with Crippen LogP contribution < -0.4 is 5.32 Å². The average Bonchev–Trinajstić information content (AvgIpc) is 3.13. The highest BCUT2D eigenvalue weighted by Gasteiger charge is 2.39. The van der Waals surface area contributed by atoms with Crippen LogP contribution in [0.1, 0.15) is 52.4 Å². The van der Waals surface area contributed by atoms with E-state index >= 15 is 0 Å². The molecule has 4 rings (SSSR count). The van der Waals surface area contributed by atoms with Gasteiger partial charge in [-0.3, -0.25) is 4.90 Å². The minimum atomic E-state index is -0.516. The van der Waals surface area contributed by atoms with Gasteiger partial charge in [-0.15, -0.1) is 0 Å². The first-order valence-corrected chi connectivity index (χ1v) is 8.99. The van der Waals surface area contributed by atoms with Crippen LogP contribution in [0.3, 0.4) is 0 Å². The van der Waals surface area contributed by atoms with E-state index in [2.05, 4.69) is 10.2 Å². The number of likely N-dealkylation sites (tertiary alicyclic amines) is 1. The van der Waals surface area contributed by atoms with E-state index in [4.69, 9.17) is 4.74 Å². The van der Waals surface area contributed by atoms with Gasteiger partial charge in [0.05, 0.1) is 11.7 Å². The Morgan fingerprint density at radius 1 is 1.42 bits per heavy atom. The number of carbonyl (C=O) groups is 1. The molecule has 2 saturated heterocycles. The molecule has 130 valence electrons. The summed E-state index contributed by atoms with van der Waals surface area (Å²) < 4.78 is 5.11. The number of ether oxygens (including phenoxy) is 1. The third-order valence-electron chi connectivity index (χ3n) is 6.08. The molecule has 0 aliphatic carbocycles. The SMILES string of the molecule is Cc1c([C@@H](O)CN2CCC3(CCCNC3)C2)ccc2c1COC2=O. The number of piperidine rings is 1. The number of nitrogens with one attached hydrogen (secondary N) is 1. The fourth-order valence-corrected chi connectivity index (χ4v) is 4.63. The summed E-state index contributed by atoms with van der Waals surface area (Å²) in [6, 6.07) is 3.69. The monoisotopic (exact) mass is 330 g/mol. The summed E-state index contributed by atoms with van der Waals surface area (Å²) in [7, 11) is 0. The molecule has 3 aliphatic heterocycles. The second-order valence-electron chi connectivity index (χ2n) is 7.66. The second-order valence-corrected chi connectivity index (χ2v) is 7.66. The first kappa shape index (κ1) is 16.1. The smallest absolute Gasteiger partial charge is 0.338 e. The summed E-state index contributed by atoms with van der Waals surface area (Å²) in [5, 5.41) is 14.3. The zero-order valence-electron chi connectivity index (χ0n) is 14.3. The average molecular weight is 330 g/mol. The van der Waals surface area contributed by atoms with Gasteiger partial charge in [-0.25, -0.2) is 4.79 Å². The Balaban J connectivity index is 1.46. The maximum absolute atomic E-state index is 11.7. The lowest BCUT2D eigenvalue weighted by molar-refractivity contribution is 0.0535. The predicted octanol–water partition coefficient (Wildman–Crippen LogP) is 1.77. The molecular formula is C19H26N2O3. The van der Waals surface area contributed by atoms with Crippen LogP contribution in [-0.4, -0.2) is 48.7 Å². The Hall–Kier alpha value is -1.43. The molecule has 1 aromatic rings. The molecule has 2 atom stereocenters. The minimum Gasteiger partial charge on any atom is -0.457 e. The maximum atomic E-state index is 11.7. The number of fused-ring (bicyclic) bond motifs is 1. The highest BCUT2D eigenvalue weighted by atomic mass is 16.5. The second kappa shape index (κ2) is 6.14. The number of benzene rings is 1. The van der Waals surface area contributed by atoms with Crippen LogP contribution in [0.2, 0.25) is 0 Å². The van der Waals surface area contributed by atoms with Crippen molar-refractivity contribution in [1.82, 2.24) is 10.2 Å². The van der Waals surface area contributed by atoms with Crippen molar-refractivity contribution in [3.8, 4) is 0 Å². The normalized spacial score (nSPS) is 28.2. The van der Waals surface area contributed by atoms with Crippen LogP contribution in [-0.2, 0) is 11.3 Å². The number of esters is 1. The highest BCUT2D eigenvalue weighted by Crippen LogP contribution is 2.37. The minimum absolute atomic E-state index is 0.250. The topological polar surface area (TPSA) is 61.8 Å². The lowest BCUT2D eigenvalue weighted by atomic mass is 9.80. The van der Waals surface area contributed by atoms with Crippen LogP contribution in [0.4, 0.5) is 0 Å². The van der Waals surface area contributed by atoms with Crippen molar-refractivity contribution in [3.63, 3.8) is 0 Å². The van der Waals surface area contributed by atoms with E-state index in [0.717, 1.165) is 42.9 Å². The van der Waals surface area contributed by atoms with E-state index in [1.54, 1.807) is 6.07 Å². The molecule has 0 bridgehead atoms. The molecule has 0 aromatic heterocycles. The molecular weight excluding hydrogens is 304 g/mol. The van der Waals surface area contributed by atoms with Crippen LogP contribution in [0.15, 0.2) is 12.1 Å². The number of aliphatic hydroxyl groups is 1. The molecule has 5 heteroatoms. The number of aliphatic hydroxyl groups excluding tert-OH is 1. The molecule has 0 radical (unpaired) electrons. The van der Waals surface area contributed by atoms with E-state index in [0.29, 0.717) is 24.1 Å². The Morgan fingerprint density at radius 2 is 2.29 bits per heavy atom. The molecule has 1 spiro atoms. The Bertz CT molecular complexity index is 652. The fourth-order valence-electron chi connectivity index (χ4n) is 4.63. The summed E-state index contributed by atoms with van der Waals surface area (Å²) in [5.74, 6) is -0.250. The Morgan fingerprint density at radius 3 is 3.08 bits per heavy atom. The first-order valence-electron chi connectivity index (χ1n) is 8.99. The van der Waals surface area contributed by atoms with Gasteiger partial charge in [0.2, 0.25) is 0 Å². The predicted molar refractivity (Wildman–Crippen MR) is 90.9 cm³/mol. The standard InChI is InChI=1S/C19H26N2O3/c1-13-14(3-4-15-16(13)10-24-18(15)23)17(22)9-21-8-6-19(12-21)5-2-7-20-11-19/h3-4,17,20,22H,2,5-12H2,1H3/t17-,19?/m0/s1. The van der Waals surface area contributed by atoms with Crippen molar-refractivity contribution >= 4 is 5.97 Å². The largest absolute Gasteiger partial charge is 0.457 e. The summed E-state index contributed by atoms with van der Waals surface area (Å²) in [6.07, 6.45) is 3.26. The van der Waals surface area contributed by atoms with Gasteiger partial charge in [-0.2, -0.15) is 0 Å². The Kier molecular flexibility index (Phi) is 4.11. The van der Waals surface area contributed by atoms with Crippen molar-refractivity contribution in [3.05, 3.63) is 34.4 Å². The van der Waals surface area contributed by atoms with Gasteiger partial charge in [-0.1, -0.05) is 6.07 Å². The van der Waals surface area contributed by atoms with Crippen molar-refractivity contribution in [2.75, 3.05) is 32.7 Å². The van der Waals surface area contributed by atoms with Crippen LogP contribution in [0.25, 0.3) is 0 Å². The fraction of sp³-hybridized carbons (Fsp3) is 0.632. The van der Waals surface area contributed by atoms with E-state index < -0.39 is 6.10 Å². The lowest BCUT2D eigenvalue weighted by Gasteiger charge is -2.34. The van der Waals surface area contributed by atoms with Gasteiger partial charge in [-0.05, 0) is 61.9 Å². The molecule has 5 nitrogen and oxygen atoms in total. The summed E-state index contributed by atoms with van der Waals surface area (Å²) in [5.41, 5.74) is 3.92. The van der Waals surface area contributed by atoms with Crippen LogP contribution in [0.5, 0.6) is 0 Å². The number of hydrogen-bond donors (Lipinski definition) is 2. The van der Waals surface area contributed by atoms with Gasteiger partial charge in [0.25, 0.3) is 0 Å². The first-order chi connectivity index (χ1) is 11.6. The van der Waals surface area contributed by atoms with E-state index in [1.807, 2.05) is 13.0 Å². The van der Waals surface area contributed by atoms with Crippen LogP contribution >= 0.6 is 0 Å². The summed E-state index contributed by atoms with van der Waals surface area (Å²) >= 11 is 0. The highest BCUT2D eigenvalue weighted by molar-refractivity contribution is 5.93. The number of β-amino-alcohol motifs (C(OH)–C–C–N with tert-alkyl or cyclic N) is 1. The molecule has 2 fully saturated rings. The van der Waals surface area contributed by atoms with Crippen molar-refractivity contribution in [2.24, 2.45) is 5.41 Å². The summed E-state index contributed by atoms with van der Waals surface area (Å²) in [6.45, 7) is 7.36. The molecule has 3 aliphatic rings. The lowest BCUT2D eigenvalue weighted by Crippen LogP contribution is -2.42. The maximum Gasteiger partial charge on any atom is 0.338 e. The zero-order chi connectivity index (χ0) is 16.7. The summed E-state index contributed by atoms with van der Waals surface area (Å²) in [4.78, 5) is 14.0. The van der Waals surface area contributed by atoms with Gasteiger partial charge in [0.1, 0.15) is 6.61 Å².